The molecule has 0 saturated carbocycles. The monoisotopic (exact) mass is 470 g/mol. The first kappa shape index (κ1) is 21.6. The van der Waals surface area contributed by atoms with E-state index in [0.29, 0.717) is 11.7 Å². The predicted octanol–water partition coefficient (Wildman–Crippen LogP) is 6.36. The van der Waals surface area contributed by atoms with Gasteiger partial charge in [-0.15, -0.1) is 16.8 Å². The van der Waals surface area contributed by atoms with Crippen LogP contribution in [0.25, 0.3) is 11.4 Å². The minimum atomic E-state index is 0.00537. The van der Waals surface area contributed by atoms with Gasteiger partial charge in [0, 0.05) is 21.9 Å². The van der Waals surface area contributed by atoms with Gasteiger partial charge in [0.25, 0.3) is 0 Å². The van der Waals surface area contributed by atoms with Crippen LogP contribution < -0.4 is 4.90 Å². The molecule has 0 bridgehead atoms. The van der Waals surface area contributed by atoms with E-state index in [0.717, 1.165) is 38.1 Å². The number of hydrogen-bond donors (Lipinski definition) is 0. The second-order valence-electron chi connectivity index (χ2n) is 7.58. The van der Waals surface area contributed by atoms with Crippen LogP contribution in [-0.2, 0) is 11.3 Å². The molecule has 2 heterocycles. The number of amides is 1. The Kier molecular flexibility index (Phi) is 6.07. The maximum Gasteiger partial charge on any atom is 0.242 e. The molecule has 7 heteroatoms. The van der Waals surface area contributed by atoms with Crippen molar-refractivity contribution in [3.05, 3.63) is 91.0 Å². The third-order valence-corrected chi connectivity index (χ3v) is 7.50. The first-order valence-electron chi connectivity index (χ1n) is 10.6. The summed E-state index contributed by atoms with van der Waals surface area (Å²) in [5, 5.41) is 9.56. The van der Waals surface area contributed by atoms with Gasteiger partial charge in [-0.1, -0.05) is 78.1 Å². The maximum atomic E-state index is 13.5. The number of aryl methyl sites for hydroxylation is 1. The first-order valence-corrected chi connectivity index (χ1v) is 12.4. The van der Waals surface area contributed by atoms with E-state index in [4.69, 9.17) is 0 Å². The number of para-hydroxylation sites is 2. The standard InChI is InChI=1S/C26H22N4OS2/c1-3-16-29-25(19-11-5-4-10-18(19)2)27-28-26(29)32-17-24(31)30-20-12-6-8-14-22(20)33-23-15-9-7-13-21(23)30/h3-15H,1,16-17H2,2H3. The van der Waals surface area contributed by atoms with E-state index in [2.05, 4.69) is 41.9 Å². The van der Waals surface area contributed by atoms with Crippen molar-refractivity contribution < 1.29 is 4.79 Å². The highest BCUT2D eigenvalue weighted by Gasteiger charge is 2.28. The first-order chi connectivity index (χ1) is 16.2. The second-order valence-corrected chi connectivity index (χ2v) is 9.60. The van der Waals surface area contributed by atoms with Crippen LogP contribution in [0.3, 0.4) is 0 Å². The Bertz CT molecular complexity index is 1300. The molecule has 0 radical (unpaired) electrons. The van der Waals surface area contributed by atoms with Gasteiger partial charge in [0.05, 0.1) is 17.1 Å². The molecule has 0 atom stereocenters. The molecule has 1 aromatic heterocycles. The Morgan fingerprint density at radius 1 is 0.970 bits per heavy atom. The number of carbonyl (C=O) groups is 1. The summed E-state index contributed by atoms with van der Waals surface area (Å²) in [6, 6.07) is 24.1. The van der Waals surface area contributed by atoms with Crippen LogP contribution in [-0.4, -0.2) is 26.4 Å². The minimum Gasteiger partial charge on any atom is -0.298 e. The van der Waals surface area contributed by atoms with Crippen molar-refractivity contribution in [2.45, 2.75) is 28.4 Å². The zero-order valence-corrected chi connectivity index (χ0v) is 19.8. The molecule has 0 N–H and O–H groups in total. The predicted molar refractivity (Wildman–Crippen MR) is 135 cm³/mol. The average molecular weight is 471 g/mol. The number of aromatic nitrogens is 3. The molecule has 4 aromatic rings. The molecule has 0 fully saturated rings. The summed E-state index contributed by atoms with van der Waals surface area (Å²) in [6.45, 7) is 6.52. The Balaban J connectivity index is 1.44. The molecule has 0 unspecified atom stereocenters. The van der Waals surface area contributed by atoms with Gasteiger partial charge in [-0.3, -0.25) is 14.3 Å². The fourth-order valence-corrected chi connectivity index (χ4v) is 5.73. The topological polar surface area (TPSA) is 51.0 Å². The third-order valence-electron chi connectivity index (χ3n) is 5.42. The number of thioether (sulfide) groups is 1. The van der Waals surface area contributed by atoms with E-state index in [9.17, 15) is 4.79 Å². The van der Waals surface area contributed by atoms with Crippen molar-refractivity contribution in [2.24, 2.45) is 0 Å². The molecule has 164 valence electrons. The smallest absolute Gasteiger partial charge is 0.242 e. The zero-order chi connectivity index (χ0) is 22.8. The summed E-state index contributed by atoms with van der Waals surface area (Å²) in [5.41, 5.74) is 3.99. The number of benzene rings is 3. The Hall–Kier alpha value is -3.29. The molecule has 1 aliphatic heterocycles. The normalized spacial score (nSPS) is 12.2. The molecular weight excluding hydrogens is 448 g/mol. The SMILES string of the molecule is C=CCn1c(SCC(=O)N2c3ccccc3Sc3ccccc32)nnc1-c1ccccc1C. The lowest BCUT2D eigenvalue weighted by Crippen LogP contribution is -2.30. The van der Waals surface area contributed by atoms with Crippen LogP contribution in [0.2, 0.25) is 0 Å². The number of allylic oxidation sites excluding steroid dienone is 1. The molecule has 1 amide bonds. The van der Waals surface area contributed by atoms with E-state index in [1.54, 1.807) is 11.8 Å². The summed E-state index contributed by atoms with van der Waals surface area (Å²) < 4.78 is 2.02. The van der Waals surface area contributed by atoms with Gasteiger partial charge >= 0.3 is 0 Å². The van der Waals surface area contributed by atoms with Crippen LogP contribution in [0, 0.1) is 6.92 Å². The molecule has 0 saturated heterocycles. The fourth-order valence-electron chi connectivity index (χ4n) is 3.88. The highest BCUT2D eigenvalue weighted by atomic mass is 32.2. The number of fused-ring (bicyclic) bond motifs is 2. The lowest BCUT2D eigenvalue weighted by Gasteiger charge is -2.30. The maximum absolute atomic E-state index is 13.5. The lowest BCUT2D eigenvalue weighted by molar-refractivity contribution is -0.115. The van der Waals surface area contributed by atoms with Crippen molar-refractivity contribution in [3.63, 3.8) is 0 Å². The number of anilines is 2. The number of hydrogen-bond acceptors (Lipinski definition) is 5. The Labute approximate surface area is 201 Å². The van der Waals surface area contributed by atoms with Gasteiger partial charge in [0.1, 0.15) is 0 Å². The molecule has 0 aliphatic carbocycles. The van der Waals surface area contributed by atoms with E-state index in [1.807, 2.05) is 70.1 Å². The fraction of sp³-hybridized carbons (Fsp3) is 0.115. The molecular formula is C26H22N4OS2. The summed E-state index contributed by atoms with van der Waals surface area (Å²) in [4.78, 5) is 17.5. The number of carbonyl (C=O) groups excluding carboxylic acids is 1. The largest absolute Gasteiger partial charge is 0.298 e. The molecule has 1 aliphatic rings. The van der Waals surface area contributed by atoms with Crippen molar-refractivity contribution in [1.29, 1.82) is 0 Å². The van der Waals surface area contributed by atoms with Crippen molar-refractivity contribution in [2.75, 3.05) is 10.7 Å². The van der Waals surface area contributed by atoms with Crippen LogP contribution in [0.15, 0.2) is 100 Å². The van der Waals surface area contributed by atoms with Gasteiger partial charge in [0.2, 0.25) is 5.91 Å². The zero-order valence-electron chi connectivity index (χ0n) is 18.1. The van der Waals surface area contributed by atoms with Crippen LogP contribution >= 0.6 is 23.5 Å². The molecule has 5 nitrogen and oxygen atoms in total. The Morgan fingerprint density at radius 3 is 2.27 bits per heavy atom. The van der Waals surface area contributed by atoms with E-state index in [1.165, 1.54) is 11.8 Å². The molecule has 33 heavy (non-hydrogen) atoms. The summed E-state index contributed by atoms with van der Waals surface area (Å²) in [7, 11) is 0. The van der Waals surface area contributed by atoms with E-state index < -0.39 is 0 Å². The quantitative estimate of drug-likeness (QED) is 0.242. The van der Waals surface area contributed by atoms with Crippen molar-refractivity contribution >= 4 is 40.8 Å². The summed E-state index contributed by atoms with van der Waals surface area (Å²) >= 11 is 3.09. The Morgan fingerprint density at radius 2 is 1.61 bits per heavy atom. The van der Waals surface area contributed by atoms with Gasteiger partial charge in [-0.2, -0.15) is 0 Å². The van der Waals surface area contributed by atoms with Gasteiger partial charge in [-0.25, -0.2) is 0 Å². The second kappa shape index (κ2) is 9.29. The summed E-state index contributed by atoms with van der Waals surface area (Å²) in [5.74, 6) is 1.04. The van der Waals surface area contributed by atoms with Crippen molar-refractivity contribution in [1.82, 2.24) is 14.8 Å². The third kappa shape index (κ3) is 4.10. The van der Waals surface area contributed by atoms with Crippen molar-refractivity contribution in [3.8, 4) is 11.4 Å². The molecule has 0 spiro atoms. The molecule has 3 aromatic carbocycles. The lowest BCUT2D eigenvalue weighted by atomic mass is 10.1. The van der Waals surface area contributed by atoms with Crippen LogP contribution in [0.5, 0.6) is 0 Å². The van der Waals surface area contributed by atoms with Gasteiger partial charge in [0.15, 0.2) is 11.0 Å². The number of rotatable bonds is 6. The van der Waals surface area contributed by atoms with E-state index in [-0.39, 0.29) is 11.7 Å². The highest BCUT2D eigenvalue weighted by Crippen LogP contribution is 2.48. The average Bonchev–Trinajstić information content (AvgIpc) is 3.23. The van der Waals surface area contributed by atoms with E-state index >= 15 is 0 Å². The van der Waals surface area contributed by atoms with Crippen LogP contribution in [0.4, 0.5) is 11.4 Å². The highest BCUT2D eigenvalue weighted by molar-refractivity contribution is 8.00. The van der Waals surface area contributed by atoms with Crippen LogP contribution in [0.1, 0.15) is 5.56 Å². The summed E-state index contributed by atoms with van der Waals surface area (Å²) in [6.07, 6.45) is 1.82. The molecule has 5 rings (SSSR count). The van der Waals surface area contributed by atoms with Gasteiger partial charge in [-0.05, 0) is 36.8 Å². The van der Waals surface area contributed by atoms with Gasteiger partial charge < -0.3 is 0 Å². The number of nitrogens with zero attached hydrogens (tertiary/aromatic N) is 4. The minimum absolute atomic E-state index is 0.00537.